The maximum absolute atomic E-state index is 11.0. The minimum Gasteiger partial charge on any atom is -0.457 e. The molecular formula is C19H27NO4. The fourth-order valence-corrected chi connectivity index (χ4v) is 2.11. The molecule has 0 aliphatic rings. The summed E-state index contributed by atoms with van der Waals surface area (Å²) in [6.07, 6.45) is 10.6. The second-order valence-electron chi connectivity index (χ2n) is 5.10. The third-order valence-electron chi connectivity index (χ3n) is 3.34. The molecule has 1 N–H and O–H groups in total. The summed E-state index contributed by atoms with van der Waals surface area (Å²) in [5.74, 6) is 0.557. The van der Waals surface area contributed by atoms with Gasteiger partial charge in [0.15, 0.2) is 0 Å². The van der Waals surface area contributed by atoms with Crippen molar-refractivity contribution < 1.29 is 14.8 Å². The van der Waals surface area contributed by atoms with Gasteiger partial charge in [-0.15, -0.1) is 0 Å². The van der Waals surface area contributed by atoms with Gasteiger partial charge < -0.3 is 9.84 Å². The molecule has 0 saturated carbocycles. The summed E-state index contributed by atoms with van der Waals surface area (Å²) < 4.78 is 5.94. The summed E-state index contributed by atoms with van der Waals surface area (Å²) in [4.78, 5) is 10.6. The highest BCUT2D eigenvalue weighted by molar-refractivity contribution is 5.35. The Kier molecular flexibility index (Phi) is 10.9. The van der Waals surface area contributed by atoms with Gasteiger partial charge in [0, 0.05) is 17.1 Å². The Morgan fingerprint density at radius 2 is 1.83 bits per heavy atom. The molecule has 0 unspecified atom stereocenters. The van der Waals surface area contributed by atoms with Crippen LogP contribution >= 0.6 is 0 Å². The first kappa shape index (κ1) is 21.6. The molecule has 0 radical (unpaired) electrons. The SMILES string of the molecule is C=C/C(OC(/C=C\C)=C(\C)C=C)=C(\C=C/C)[C@@H](CCO)C[N+](=O)[O-]. The van der Waals surface area contributed by atoms with Crippen LogP contribution in [0.2, 0.25) is 0 Å². The van der Waals surface area contributed by atoms with E-state index in [1.807, 2.05) is 26.8 Å². The summed E-state index contributed by atoms with van der Waals surface area (Å²) >= 11 is 0. The Morgan fingerprint density at radius 3 is 2.25 bits per heavy atom. The van der Waals surface area contributed by atoms with Gasteiger partial charge in [0.25, 0.3) is 0 Å². The van der Waals surface area contributed by atoms with E-state index in [1.54, 1.807) is 24.3 Å². The molecule has 0 fully saturated rings. The molecule has 0 bridgehead atoms. The minimum absolute atomic E-state index is 0.146. The van der Waals surface area contributed by atoms with Crippen LogP contribution in [0.3, 0.4) is 0 Å². The first-order valence-electron chi connectivity index (χ1n) is 7.80. The second-order valence-corrected chi connectivity index (χ2v) is 5.10. The molecule has 0 aliphatic carbocycles. The maximum Gasteiger partial charge on any atom is 0.210 e. The van der Waals surface area contributed by atoms with Crippen LogP contribution in [-0.2, 0) is 4.74 Å². The van der Waals surface area contributed by atoms with Crippen LogP contribution in [0.4, 0.5) is 0 Å². The number of allylic oxidation sites excluding steroid dienone is 7. The highest BCUT2D eigenvalue weighted by Crippen LogP contribution is 2.25. The second kappa shape index (κ2) is 12.1. The van der Waals surface area contributed by atoms with E-state index in [2.05, 4.69) is 13.2 Å². The summed E-state index contributed by atoms with van der Waals surface area (Å²) in [6, 6.07) is 0. The van der Waals surface area contributed by atoms with E-state index in [9.17, 15) is 15.2 Å². The van der Waals surface area contributed by atoms with Crippen molar-refractivity contribution in [2.75, 3.05) is 13.2 Å². The minimum atomic E-state index is -0.468. The number of rotatable bonds is 11. The topological polar surface area (TPSA) is 72.6 Å². The van der Waals surface area contributed by atoms with Gasteiger partial charge in [-0.3, -0.25) is 10.1 Å². The summed E-state index contributed by atoms with van der Waals surface area (Å²) in [5, 5.41) is 20.2. The van der Waals surface area contributed by atoms with Gasteiger partial charge in [0.05, 0.1) is 5.92 Å². The average molecular weight is 333 g/mol. The smallest absolute Gasteiger partial charge is 0.210 e. The van der Waals surface area contributed by atoms with Gasteiger partial charge in [-0.05, 0) is 44.9 Å². The number of aliphatic hydroxyl groups is 1. The first-order chi connectivity index (χ1) is 11.4. The monoisotopic (exact) mass is 333 g/mol. The van der Waals surface area contributed by atoms with Gasteiger partial charge in [-0.1, -0.05) is 37.5 Å². The molecule has 0 spiro atoms. The van der Waals surface area contributed by atoms with Crippen LogP contribution in [0.5, 0.6) is 0 Å². The molecule has 5 nitrogen and oxygen atoms in total. The summed E-state index contributed by atoms with van der Waals surface area (Å²) in [6.45, 7) is 12.6. The zero-order chi connectivity index (χ0) is 18.5. The fourth-order valence-electron chi connectivity index (χ4n) is 2.11. The molecule has 0 amide bonds. The quantitative estimate of drug-likeness (QED) is 0.264. The van der Waals surface area contributed by atoms with E-state index in [0.29, 0.717) is 17.1 Å². The molecule has 0 aliphatic heterocycles. The Balaban J connectivity index is 6.06. The Labute approximate surface area is 144 Å². The average Bonchev–Trinajstić information content (AvgIpc) is 2.55. The molecule has 0 aromatic heterocycles. The van der Waals surface area contributed by atoms with Crippen LogP contribution in [0.25, 0.3) is 0 Å². The molecule has 0 saturated heterocycles. The number of nitro groups is 1. The molecule has 132 valence electrons. The van der Waals surface area contributed by atoms with Crippen LogP contribution in [0.1, 0.15) is 27.2 Å². The lowest BCUT2D eigenvalue weighted by Gasteiger charge is -2.18. The van der Waals surface area contributed by atoms with E-state index in [1.165, 1.54) is 6.08 Å². The largest absolute Gasteiger partial charge is 0.457 e. The number of hydrogen-bond donors (Lipinski definition) is 1. The zero-order valence-corrected chi connectivity index (χ0v) is 14.7. The molecule has 1 atom stereocenters. The molecule has 0 aromatic carbocycles. The van der Waals surface area contributed by atoms with Crippen LogP contribution < -0.4 is 0 Å². The van der Waals surface area contributed by atoms with Crippen molar-refractivity contribution in [2.24, 2.45) is 5.92 Å². The van der Waals surface area contributed by atoms with Crippen LogP contribution in [0, 0.1) is 16.0 Å². The third-order valence-corrected chi connectivity index (χ3v) is 3.34. The zero-order valence-electron chi connectivity index (χ0n) is 14.7. The predicted octanol–water partition coefficient (Wildman–Crippen LogP) is 4.33. The molecular weight excluding hydrogens is 306 g/mol. The van der Waals surface area contributed by atoms with E-state index < -0.39 is 5.92 Å². The van der Waals surface area contributed by atoms with Gasteiger partial charge in [-0.25, -0.2) is 0 Å². The lowest BCUT2D eigenvalue weighted by Crippen LogP contribution is -2.19. The highest BCUT2D eigenvalue weighted by Gasteiger charge is 2.22. The van der Waals surface area contributed by atoms with Crippen molar-refractivity contribution in [3.05, 3.63) is 82.4 Å². The summed E-state index contributed by atoms with van der Waals surface area (Å²) in [5.41, 5.74) is 1.47. The molecule has 0 aromatic rings. The van der Waals surface area contributed by atoms with E-state index >= 15 is 0 Å². The number of ether oxygens (including phenoxy) is 1. The van der Waals surface area contributed by atoms with Gasteiger partial charge in [0.2, 0.25) is 6.54 Å². The number of nitrogens with zero attached hydrogens (tertiary/aromatic N) is 1. The molecule has 5 heteroatoms. The lowest BCUT2D eigenvalue weighted by molar-refractivity contribution is -0.486. The third kappa shape index (κ3) is 7.24. The van der Waals surface area contributed by atoms with Crippen LogP contribution in [-0.4, -0.2) is 23.2 Å². The van der Waals surface area contributed by atoms with Crippen molar-refractivity contribution in [1.82, 2.24) is 0 Å². The number of aliphatic hydroxyl groups excluding tert-OH is 1. The molecule has 0 heterocycles. The molecule has 0 rings (SSSR count). The van der Waals surface area contributed by atoms with E-state index in [4.69, 9.17) is 4.74 Å². The standard InChI is InChI=1S/C19H27NO4/c1-6-10-17(16(12-13-21)14-20(22)23)18(9-4)24-19(11-7-2)15(5)8-3/h6-11,16,21H,3-4,12-14H2,1-2,5H3/b10-6-,11-7-,18-17-,19-15+/t16-/m0/s1. The van der Waals surface area contributed by atoms with Gasteiger partial charge in [0.1, 0.15) is 11.5 Å². The van der Waals surface area contributed by atoms with Crippen molar-refractivity contribution in [3.8, 4) is 0 Å². The Hall–Kier alpha value is -2.40. The Morgan fingerprint density at radius 1 is 1.21 bits per heavy atom. The van der Waals surface area contributed by atoms with Crippen molar-refractivity contribution in [3.63, 3.8) is 0 Å². The van der Waals surface area contributed by atoms with Gasteiger partial charge >= 0.3 is 0 Å². The van der Waals surface area contributed by atoms with E-state index in [0.717, 1.165) is 5.57 Å². The maximum atomic E-state index is 11.0. The van der Waals surface area contributed by atoms with E-state index in [-0.39, 0.29) is 24.5 Å². The van der Waals surface area contributed by atoms with Gasteiger partial charge in [-0.2, -0.15) is 0 Å². The predicted molar refractivity (Wildman–Crippen MR) is 97.9 cm³/mol. The normalized spacial score (nSPS) is 15.0. The first-order valence-corrected chi connectivity index (χ1v) is 7.80. The highest BCUT2D eigenvalue weighted by atomic mass is 16.6. The number of hydrogen-bond acceptors (Lipinski definition) is 4. The lowest BCUT2D eigenvalue weighted by atomic mass is 9.94. The summed E-state index contributed by atoms with van der Waals surface area (Å²) in [7, 11) is 0. The molecule has 24 heavy (non-hydrogen) atoms. The van der Waals surface area contributed by atoms with Crippen molar-refractivity contribution >= 4 is 0 Å². The van der Waals surface area contributed by atoms with Crippen molar-refractivity contribution in [1.29, 1.82) is 0 Å². The van der Waals surface area contributed by atoms with Crippen molar-refractivity contribution in [2.45, 2.75) is 27.2 Å². The fraction of sp³-hybridized carbons (Fsp3) is 0.368. The Bertz CT molecular complexity index is 568. The van der Waals surface area contributed by atoms with Crippen LogP contribution in [0.15, 0.2) is 72.3 Å².